The topological polar surface area (TPSA) is 71.5 Å². The van der Waals surface area contributed by atoms with Gasteiger partial charge in [0.05, 0.1) is 24.3 Å². The van der Waals surface area contributed by atoms with Gasteiger partial charge in [0, 0.05) is 58.0 Å². The van der Waals surface area contributed by atoms with Crippen LogP contribution in [0.5, 0.6) is 5.75 Å². The summed E-state index contributed by atoms with van der Waals surface area (Å²) in [7, 11) is 1.64. The first kappa shape index (κ1) is 26.6. The molecule has 1 fully saturated rings. The zero-order valence-electron chi connectivity index (χ0n) is 23.2. The average molecular weight is 544 g/mol. The number of ether oxygens (including phenoxy) is 1. The van der Waals surface area contributed by atoms with Crippen LogP contribution in [0.2, 0.25) is 0 Å². The Kier molecular flexibility index (Phi) is 7.96. The molecule has 41 heavy (non-hydrogen) atoms. The van der Waals surface area contributed by atoms with Crippen molar-refractivity contribution in [3.63, 3.8) is 0 Å². The molecule has 206 valence electrons. The van der Waals surface area contributed by atoms with E-state index >= 15 is 0 Å². The first-order chi connectivity index (χ1) is 20.1. The second kappa shape index (κ2) is 12.3. The fourth-order valence-corrected chi connectivity index (χ4v) is 5.29. The summed E-state index contributed by atoms with van der Waals surface area (Å²) < 4.78 is 5.20. The smallest absolute Gasteiger partial charge is 0.147 e. The van der Waals surface area contributed by atoms with E-state index in [-0.39, 0.29) is 5.78 Å². The average Bonchev–Trinajstić information content (AvgIpc) is 3.02. The normalized spacial score (nSPS) is 13.8. The van der Waals surface area contributed by atoms with Crippen LogP contribution in [-0.2, 0) is 24.2 Å². The summed E-state index contributed by atoms with van der Waals surface area (Å²) in [4.78, 5) is 31.3. The van der Waals surface area contributed by atoms with Gasteiger partial charge in [0.2, 0.25) is 0 Å². The summed E-state index contributed by atoms with van der Waals surface area (Å²) in [6.07, 6.45) is 6.47. The summed E-state index contributed by atoms with van der Waals surface area (Å²) in [5.41, 5.74) is 7.20. The number of pyridine rings is 1. The van der Waals surface area contributed by atoms with Crippen LogP contribution in [0.15, 0.2) is 97.5 Å². The summed E-state index contributed by atoms with van der Waals surface area (Å²) in [6, 6.07) is 26.2. The lowest BCUT2D eigenvalue weighted by molar-refractivity contribution is -0.117. The predicted octanol–water partition coefficient (Wildman–Crippen LogP) is 5.38. The Balaban J connectivity index is 1.09. The van der Waals surface area contributed by atoms with Crippen LogP contribution >= 0.6 is 0 Å². The number of hydrogen-bond acceptors (Lipinski definition) is 7. The number of fused-ring (bicyclic) bond motifs is 1. The molecule has 1 aliphatic heterocycles. The number of aromatic nitrogens is 3. The molecule has 1 aliphatic rings. The van der Waals surface area contributed by atoms with Gasteiger partial charge in [-0.25, -0.2) is 4.98 Å². The van der Waals surface area contributed by atoms with Gasteiger partial charge >= 0.3 is 0 Å². The Morgan fingerprint density at radius 2 is 1.49 bits per heavy atom. The van der Waals surface area contributed by atoms with Gasteiger partial charge in [0.1, 0.15) is 17.4 Å². The van der Waals surface area contributed by atoms with Gasteiger partial charge in [-0.05, 0) is 58.1 Å². The maximum absolute atomic E-state index is 12.6. The molecule has 0 unspecified atom stereocenters. The van der Waals surface area contributed by atoms with E-state index < -0.39 is 0 Å². The first-order valence-corrected chi connectivity index (χ1v) is 14.0. The van der Waals surface area contributed by atoms with E-state index in [9.17, 15) is 4.79 Å². The summed E-state index contributed by atoms with van der Waals surface area (Å²) >= 11 is 0. The van der Waals surface area contributed by atoms with E-state index in [0.717, 1.165) is 77.6 Å². The number of piperazine rings is 1. The lowest BCUT2D eigenvalue weighted by Gasteiger charge is -2.35. The van der Waals surface area contributed by atoms with Gasteiger partial charge in [0.25, 0.3) is 0 Å². The van der Waals surface area contributed by atoms with E-state index in [1.54, 1.807) is 7.11 Å². The quantitative estimate of drug-likeness (QED) is 0.247. The van der Waals surface area contributed by atoms with Crippen molar-refractivity contribution in [3.05, 3.63) is 114 Å². The monoisotopic (exact) mass is 543 g/mol. The molecule has 1 saturated heterocycles. The number of ketones is 1. The fourth-order valence-electron chi connectivity index (χ4n) is 5.29. The molecular formula is C34H33N5O2. The Morgan fingerprint density at radius 1 is 0.780 bits per heavy atom. The fraction of sp³-hybridized carbons (Fsp3) is 0.235. The number of methoxy groups -OCH3 is 1. The highest BCUT2D eigenvalue weighted by Gasteiger charge is 2.19. The van der Waals surface area contributed by atoms with Gasteiger partial charge in [-0.15, -0.1) is 0 Å². The van der Waals surface area contributed by atoms with E-state index in [4.69, 9.17) is 14.7 Å². The number of carbonyl (C=O) groups excluding carboxylic acids is 1. The molecule has 6 rings (SSSR count). The molecule has 0 amide bonds. The molecule has 0 aliphatic carbocycles. The van der Waals surface area contributed by atoms with Crippen molar-refractivity contribution >= 4 is 22.6 Å². The molecular weight excluding hydrogens is 510 g/mol. The zero-order valence-corrected chi connectivity index (χ0v) is 23.2. The SMILES string of the molecule is COc1ccc(CC(=O)Cc2ccc(-c3ccc4ncc(N5CCN(Cc6cccnc6)CC5)nc4c3)cc2)cc1. The maximum Gasteiger partial charge on any atom is 0.147 e. The van der Waals surface area contributed by atoms with Gasteiger partial charge in [-0.2, -0.15) is 0 Å². The van der Waals surface area contributed by atoms with Crippen molar-refractivity contribution in [1.82, 2.24) is 19.9 Å². The van der Waals surface area contributed by atoms with Crippen LogP contribution in [0, 0.1) is 0 Å². The number of nitrogens with zero attached hydrogens (tertiary/aromatic N) is 5. The van der Waals surface area contributed by atoms with E-state index in [1.807, 2.05) is 67.1 Å². The maximum atomic E-state index is 12.6. The number of anilines is 1. The minimum absolute atomic E-state index is 0.189. The third kappa shape index (κ3) is 6.58. The number of carbonyl (C=O) groups is 1. The number of benzene rings is 3. The molecule has 0 saturated carbocycles. The Labute approximate surface area is 240 Å². The van der Waals surface area contributed by atoms with Gasteiger partial charge in [-0.1, -0.05) is 48.5 Å². The Morgan fingerprint density at radius 3 is 2.17 bits per heavy atom. The molecule has 5 aromatic rings. The zero-order chi connectivity index (χ0) is 28.0. The minimum Gasteiger partial charge on any atom is -0.497 e. The minimum atomic E-state index is 0.189. The Hall–Kier alpha value is -4.62. The second-order valence-electron chi connectivity index (χ2n) is 10.5. The van der Waals surface area contributed by atoms with Crippen molar-refractivity contribution in [2.24, 2.45) is 0 Å². The van der Waals surface area contributed by atoms with Crippen molar-refractivity contribution in [2.75, 3.05) is 38.2 Å². The summed E-state index contributed by atoms with van der Waals surface area (Å²) in [5.74, 6) is 1.90. The second-order valence-corrected chi connectivity index (χ2v) is 10.5. The first-order valence-electron chi connectivity index (χ1n) is 14.0. The van der Waals surface area contributed by atoms with Crippen LogP contribution in [0.3, 0.4) is 0 Å². The van der Waals surface area contributed by atoms with Crippen LogP contribution in [-0.4, -0.2) is 58.9 Å². The molecule has 0 radical (unpaired) electrons. The van der Waals surface area contributed by atoms with Crippen LogP contribution in [0.4, 0.5) is 5.82 Å². The number of Topliss-reactive ketones (excluding diaryl/α,β-unsaturated/α-hetero) is 1. The molecule has 3 heterocycles. The largest absolute Gasteiger partial charge is 0.497 e. The molecule has 7 heteroatoms. The van der Waals surface area contributed by atoms with E-state index in [0.29, 0.717) is 12.8 Å². The van der Waals surface area contributed by atoms with Gasteiger partial charge in [-0.3, -0.25) is 19.7 Å². The molecule has 2 aromatic heterocycles. The Bertz CT molecular complexity index is 1610. The standard InChI is InChI=1S/C34H33N5O2/c1-41-31-11-6-26(7-12-31)20-30(40)19-25-4-8-28(9-5-25)29-10-13-32-33(21-29)37-34(23-36-32)39-17-15-38(16-18-39)24-27-3-2-14-35-22-27/h2-14,21-23H,15-20,24H2,1H3. The molecule has 7 nitrogen and oxygen atoms in total. The van der Waals surface area contributed by atoms with Crippen LogP contribution < -0.4 is 9.64 Å². The van der Waals surface area contributed by atoms with Crippen molar-refractivity contribution in [2.45, 2.75) is 19.4 Å². The molecule has 0 spiro atoms. The third-order valence-corrected chi connectivity index (χ3v) is 7.60. The number of rotatable bonds is 9. The predicted molar refractivity (Wildman–Crippen MR) is 162 cm³/mol. The van der Waals surface area contributed by atoms with Crippen molar-refractivity contribution in [3.8, 4) is 16.9 Å². The van der Waals surface area contributed by atoms with Crippen molar-refractivity contribution in [1.29, 1.82) is 0 Å². The molecule has 0 bridgehead atoms. The number of hydrogen-bond donors (Lipinski definition) is 0. The highest BCUT2D eigenvalue weighted by atomic mass is 16.5. The van der Waals surface area contributed by atoms with Gasteiger partial charge in [0.15, 0.2) is 0 Å². The highest BCUT2D eigenvalue weighted by Crippen LogP contribution is 2.25. The molecule has 0 N–H and O–H groups in total. The van der Waals surface area contributed by atoms with Crippen LogP contribution in [0.25, 0.3) is 22.2 Å². The van der Waals surface area contributed by atoms with E-state index in [2.05, 4.69) is 45.1 Å². The van der Waals surface area contributed by atoms with Gasteiger partial charge < -0.3 is 9.64 Å². The third-order valence-electron chi connectivity index (χ3n) is 7.60. The molecule has 3 aromatic carbocycles. The molecule has 0 atom stereocenters. The lowest BCUT2D eigenvalue weighted by atomic mass is 9.99. The summed E-state index contributed by atoms with van der Waals surface area (Å²) in [6.45, 7) is 4.70. The van der Waals surface area contributed by atoms with E-state index in [1.165, 1.54) is 5.56 Å². The van der Waals surface area contributed by atoms with Crippen molar-refractivity contribution < 1.29 is 9.53 Å². The lowest BCUT2D eigenvalue weighted by Crippen LogP contribution is -2.46. The van der Waals surface area contributed by atoms with Crippen LogP contribution in [0.1, 0.15) is 16.7 Å². The summed E-state index contributed by atoms with van der Waals surface area (Å²) in [5, 5.41) is 0. The highest BCUT2D eigenvalue weighted by molar-refractivity contribution is 5.84.